The number of anilines is 1. The van der Waals surface area contributed by atoms with E-state index >= 15 is 0 Å². The molecule has 0 unspecified atom stereocenters. The molecule has 3 aromatic rings. The van der Waals surface area contributed by atoms with E-state index in [-0.39, 0.29) is 5.13 Å². The highest BCUT2D eigenvalue weighted by Gasteiger charge is 2.33. The molecule has 0 saturated heterocycles. The quantitative estimate of drug-likeness (QED) is 0.776. The lowest BCUT2D eigenvalue weighted by atomic mass is 10.1. The molecule has 0 aliphatic rings. The summed E-state index contributed by atoms with van der Waals surface area (Å²) in [5.41, 5.74) is 1.77. The van der Waals surface area contributed by atoms with Crippen LogP contribution in [0.25, 0.3) is 11.3 Å². The smallest absolute Gasteiger partial charge is 0.357 e. The molecule has 1 N–H and O–H groups in total. The highest BCUT2D eigenvalue weighted by Crippen LogP contribution is 2.32. The molecule has 0 radical (unpaired) electrons. The zero-order valence-electron chi connectivity index (χ0n) is 12.1. The first-order valence-electron chi connectivity index (χ1n) is 6.78. The number of rotatable bonds is 4. The third kappa shape index (κ3) is 3.53. The highest BCUT2D eigenvalue weighted by atomic mass is 32.1. The predicted octanol–water partition coefficient (Wildman–Crippen LogP) is 4.17. The Hall–Kier alpha value is -2.35. The number of halogens is 3. The first kappa shape index (κ1) is 15.5. The van der Waals surface area contributed by atoms with Gasteiger partial charge in [-0.2, -0.15) is 18.3 Å². The minimum atomic E-state index is -4.42. The molecule has 0 bridgehead atoms. The number of hydrogen-bond acceptors (Lipinski definition) is 4. The Bertz CT molecular complexity index is 793. The lowest BCUT2D eigenvalue weighted by Gasteiger charge is -2.04. The van der Waals surface area contributed by atoms with Crippen molar-refractivity contribution >= 4 is 16.5 Å². The lowest BCUT2D eigenvalue weighted by molar-refractivity contribution is -0.140. The summed E-state index contributed by atoms with van der Waals surface area (Å²) in [6, 6.07) is 9.63. The van der Waals surface area contributed by atoms with Gasteiger partial charge in [0.05, 0.1) is 5.69 Å². The van der Waals surface area contributed by atoms with Crippen molar-refractivity contribution in [3.8, 4) is 11.3 Å². The molecule has 0 saturated carbocycles. The fourth-order valence-corrected chi connectivity index (χ4v) is 2.88. The second-order valence-electron chi connectivity index (χ2n) is 4.93. The lowest BCUT2D eigenvalue weighted by Crippen LogP contribution is -2.06. The van der Waals surface area contributed by atoms with Gasteiger partial charge in [0, 0.05) is 36.3 Å². The molecule has 0 aliphatic heterocycles. The van der Waals surface area contributed by atoms with Gasteiger partial charge in [0.25, 0.3) is 0 Å². The van der Waals surface area contributed by atoms with Crippen molar-refractivity contribution in [2.24, 2.45) is 7.05 Å². The van der Waals surface area contributed by atoms with E-state index in [0.717, 1.165) is 33.5 Å². The van der Waals surface area contributed by atoms with E-state index in [1.165, 1.54) is 0 Å². The molecule has 2 aromatic heterocycles. The van der Waals surface area contributed by atoms with E-state index in [2.05, 4.69) is 15.4 Å². The van der Waals surface area contributed by atoms with E-state index in [0.29, 0.717) is 6.54 Å². The van der Waals surface area contributed by atoms with Crippen LogP contribution in [0.3, 0.4) is 0 Å². The van der Waals surface area contributed by atoms with E-state index in [1.807, 2.05) is 36.5 Å². The zero-order chi connectivity index (χ0) is 16.4. The maximum absolute atomic E-state index is 12.6. The summed E-state index contributed by atoms with van der Waals surface area (Å²) in [6.07, 6.45) is -2.58. The van der Waals surface area contributed by atoms with Gasteiger partial charge >= 0.3 is 6.18 Å². The van der Waals surface area contributed by atoms with Gasteiger partial charge in [0.2, 0.25) is 0 Å². The van der Waals surface area contributed by atoms with Crippen molar-refractivity contribution in [3.63, 3.8) is 0 Å². The summed E-state index contributed by atoms with van der Waals surface area (Å²) in [6.45, 7) is 0.350. The predicted molar refractivity (Wildman–Crippen MR) is 83.1 cm³/mol. The molecule has 0 atom stereocenters. The molecule has 1 aromatic carbocycles. The largest absolute Gasteiger partial charge is 0.434 e. The number of nitrogens with one attached hydrogen (secondary N) is 1. The van der Waals surface area contributed by atoms with Crippen molar-refractivity contribution < 1.29 is 13.2 Å². The van der Waals surface area contributed by atoms with Crippen LogP contribution in [0.1, 0.15) is 11.3 Å². The summed E-state index contributed by atoms with van der Waals surface area (Å²) in [5.74, 6) is 0. The minimum Gasteiger partial charge on any atom is -0.357 e. The number of benzene rings is 1. The Morgan fingerprint density at radius 1 is 1.22 bits per heavy atom. The van der Waals surface area contributed by atoms with Crippen molar-refractivity contribution in [3.05, 3.63) is 53.2 Å². The molecule has 0 amide bonds. The summed E-state index contributed by atoms with van der Waals surface area (Å²) in [4.78, 5) is 3.56. The number of thiazole rings is 1. The minimum absolute atomic E-state index is 0.236. The van der Waals surface area contributed by atoms with Gasteiger partial charge in [0.1, 0.15) is 0 Å². The monoisotopic (exact) mass is 338 g/mol. The van der Waals surface area contributed by atoms with Gasteiger partial charge in [-0.25, -0.2) is 4.98 Å². The van der Waals surface area contributed by atoms with Crippen LogP contribution in [-0.4, -0.2) is 14.8 Å². The molecule has 0 aliphatic carbocycles. The molecule has 23 heavy (non-hydrogen) atoms. The second-order valence-corrected chi connectivity index (χ2v) is 5.79. The maximum atomic E-state index is 12.6. The number of hydrogen-bond donors (Lipinski definition) is 1. The van der Waals surface area contributed by atoms with Crippen molar-refractivity contribution in [1.82, 2.24) is 14.8 Å². The molecular weight excluding hydrogens is 325 g/mol. The fraction of sp³-hybridized carbons (Fsp3) is 0.200. The van der Waals surface area contributed by atoms with Gasteiger partial charge in [-0.1, -0.05) is 30.3 Å². The van der Waals surface area contributed by atoms with Crippen LogP contribution in [0.2, 0.25) is 0 Å². The third-order valence-electron chi connectivity index (χ3n) is 3.18. The summed E-state index contributed by atoms with van der Waals surface area (Å²) >= 11 is 0.935. The first-order chi connectivity index (χ1) is 10.9. The Balaban J connectivity index is 1.78. The van der Waals surface area contributed by atoms with Crippen molar-refractivity contribution in [2.45, 2.75) is 12.7 Å². The average Bonchev–Trinajstić information content (AvgIpc) is 3.12. The topological polar surface area (TPSA) is 42.7 Å². The Labute approximate surface area is 134 Å². The molecule has 8 heteroatoms. The normalized spacial score (nSPS) is 11.7. The molecule has 3 rings (SSSR count). The van der Waals surface area contributed by atoms with Gasteiger partial charge in [0.15, 0.2) is 10.8 Å². The summed E-state index contributed by atoms with van der Waals surface area (Å²) in [5, 5.41) is 8.59. The number of aryl methyl sites for hydroxylation is 1. The number of nitrogens with zero attached hydrogens (tertiary/aromatic N) is 3. The van der Waals surface area contributed by atoms with Crippen LogP contribution in [-0.2, 0) is 19.8 Å². The van der Waals surface area contributed by atoms with Crippen LogP contribution in [0.5, 0.6) is 0 Å². The van der Waals surface area contributed by atoms with Gasteiger partial charge in [-0.15, -0.1) is 11.3 Å². The Morgan fingerprint density at radius 2 is 1.96 bits per heavy atom. The molecule has 4 nitrogen and oxygen atoms in total. The second kappa shape index (κ2) is 6.04. The third-order valence-corrected chi connectivity index (χ3v) is 3.98. The van der Waals surface area contributed by atoms with Crippen LogP contribution in [0.4, 0.5) is 18.3 Å². The molecule has 0 fully saturated rings. The summed E-state index contributed by atoms with van der Waals surface area (Å²) in [7, 11) is 1.81. The summed E-state index contributed by atoms with van der Waals surface area (Å²) < 4.78 is 39.4. The van der Waals surface area contributed by atoms with Gasteiger partial charge in [-0.3, -0.25) is 4.68 Å². The van der Waals surface area contributed by atoms with Gasteiger partial charge in [-0.05, 0) is 0 Å². The highest BCUT2D eigenvalue weighted by molar-refractivity contribution is 7.13. The number of alkyl halides is 3. The van der Waals surface area contributed by atoms with Crippen LogP contribution >= 0.6 is 11.3 Å². The zero-order valence-corrected chi connectivity index (χ0v) is 12.9. The van der Waals surface area contributed by atoms with Crippen molar-refractivity contribution in [2.75, 3.05) is 5.32 Å². The fourth-order valence-electron chi connectivity index (χ4n) is 2.16. The van der Waals surface area contributed by atoms with Crippen molar-refractivity contribution in [1.29, 1.82) is 0 Å². The number of aromatic nitrogens is 3. The van der Waals surface area contributed by atoms with Crippen LogP contribution in [0, 0.1) is 0 Å². The first-order valence-corrected chi connectivity index (χ1v) is 7.66. The van der Waals surface area contributed by atoms with E-state index in [4.69, 9.17) is 0 Å². The Kier molecular flexibility index (Phi) is 4.08. The maximum Gasteiger partial charge on any atom is 0.434 e. The van der Waals surface area contributed by atoms with Crippen LogP contribution < -0.4 is 5.32 Å². The molecular formula is C15H13F3N4S. The van der Waals surface area contributed by atoms with E-state index in [1.54, 1.807) is 11.7 Å². The molecule has 0 spiro atoms. The molecule has 120 valence electrons. The van der Waals surface area contributed by atoms with Gasteiger partial charge < -0.3 is 5.32 Å². The standard InChI is InChI=1S/C15H13F3N4S/c1-22-8-11(13(21-22)10-5-3-2-4-6-10)7-19-14-20-12(9-23-14)15(16,17)18/h2-6,8-9H,7H2,1H3,(H,19,20). The SMILES string of the molecule is Cn1cc(CNc2nc(C(F)(F)F)cs2)c(-c2ccccc2)n1. The van der Waals surface area contributed by atoms with E-state index in [9.17, 15) is 13.2 Å². The molecule has 2 heterocycles. The van der Waals surface area contributed by atoms with E-state index < -0.39 is 11.9 Å². The van der Waals surface area contributed by atoms with Crippen LogP contribution in [0.15, 0.2) is 41.9 Å². The Morgan fingerprint density at radius 3 is 2.61 bits per heavy atom. The average molecular weight is 338 g/mol.